The summed E-state index contributed by atoms with van der Waals surface area (Å²) in [5, 5.41) is 8.31. The van der Waals surface area contributed by atoms with E-state index in [1.54, 1.807) is 7.05 Å². The molecule has 29 heavy (non-hydrogen) atoms. The van der Waals surface area contributed by atoms with Gasteiger partial charge >= 0.3 is 0 Å². The zero-order valence-electron chi connectivity index (χ0n) is 19.0. The van der Waals surface area contributed by atoms with Gasteiger partial charge in [0, 0.05) is 6.54 Å². The Kier molecular flexibility index (Phi) is 16.3. The van der Waals surface area contributed by atoms with E-state index in [0.29, 0.717) is 6.54 Å². The summed E-state index contributed by atoms with van der Waals surface area (Å²) in [5.41, 5.74) is 5.36. The van der Waals surface area contributed by atoms with Gasteiger partial charge in [-0.15, -0.1) is 0 Å². The Hall–Kier alpha value is -1.63. The number of unbranched alkanes of at least 4 members (excludes halogenated alkanes) is 9. The van der Waals surface area contributed by atoms with Crippen molar-refractivity contribution < 1.29 is 14.4 Å². The minimum Gasteiger partial charge on any atom is -0.368 e. The second kappa shape index (κ2) is 17.2. The van der Waals surface area contributed by atoms with E-state index in [9.17, 15) is 14.4 Å². The van der Waals surface area contributed by atoms with E-state index in [1.165, 1.54) is 51.4 Å². The van der Waals surface area contributed by atoms with E-state index < -0.39 is 18.0 Å². The molecule has 0 bridgehead atoms. The first-order valence-electron chi connectivity index (χ1n) is 11.4. The normalized spacial score (nSPS) is 13.1. The average molecular weight is 413 g/mol. The maximum absolute atomic E-state index is 12.3. The van der Waals surface area contributed by atoms with Crippen LogP contribution in [-0.2, 0) is 14.4 Å². The van der Waals surface area contributed by atoms with Crippen molar-refractivity contribution in [3.8, 4) is 0 Å². The maximum Gasteiger partial charge on any atom is 0.240 e. The van der Waals surface area contributed by atoms with Crippen molar-refractivity contribution >= 4 is 17.7 Å². The third-order valence-corrected chi connectivity index (χ3v) is 5.16. The van der Waals surface area contributed by atoms with E-state index in [0.717, 1.165) is 12.8 Å². The van der Waals surface area contributed by atoms with E-state index in [2.05, 4.69) is 22.9 Å². The first-order valence-corrected chi connectivity index (χ1v) is 11.4. The van der Waals surface area contributed by atoms with Crippen LogP contribution in [0.4, 0.5) is 0 Å². The molecule has 0 aliphatic heterocycles. The molecule has 7 nitrogen and oxygen atoms in total. The number of amides is 3. The van der Waals surface area contributed by atoms with E-state index in [1.807, 2.05) is 13.8 Å². The van der Waals surface area contributed by atoms with Crippen LogP contribution in [0.2, 0.25) is 0 Å². The van der Waals surface area contributed by atoms with Gasteiger partial charge in [0.1, 0.15) is 6.04 Å². The van der Waals surface area contributed by atoms with Crippen molar-refractivity contribution in [3.63, 3.8) is 0 Å². The third-order valence-electron chi connectivity index (χ3n) is 5.16. The number of hydrogen-bond acceptors (Lipinski definition) is 4. The molecule has 0 rings (SSSR count). The number of carbonyl (C=O) groups excluding carboxylic acids is 3. The minimum atomic E-state index is -0.996. The van der Waals surface area contributed by atoms with Crippen LogP contribution in [0.3, 0.4) is 0 Å². The summed E-state index contributed by atoms with van der Waals surface area (Å²) in [7, 11) is 1.68. The lowest BCUT2D eigenvalue weighted by Gasteiger charge is -2.22. The Morgan fingerprint density at radius 1 is 0.862 bits per heavy atom. The Bertz CT molecular complexity index is 469. The SMILES string of the molecule is CCCCCCCCCCCCNC(=O)C[C@@H](NC(=O)[C@@H](NC)C(C)C)C(N)=O. The van der Waals surface area contributed by atoms with E-state index in [4.69, 9.17) is 5.73 Å². The first-order chi connectivity index (χ1) is 13.8. The molecular formula is C22H44N4O3. The lowest BCUT2D eigenvalue weighted by Crippen LogP contribution is -2.54. The highest BCUT2D eigenvalue weighted by Crippen LogP contribution is 2.10. The van der Waals surface area contributed by atoms with Crippen LogP contribution in [0.15, 0.2) is 0 Å². The Labute approximate surface area is 177 Å². The molecule has 0 aliphatic rings. The fourth-order valence-corrected chi connectivity index (χ4v) is 3.35. The number of primary amides is 1. The van der Waals surface area contributed by atoms with Crippen LogP contribution in [0.25, 0.3) is 0 Å². The molecule has 0 aromatic heterocycles. The molecule has 0 fully saturated rings. The molecular weight excluding hydrogens is 368 g/mol. The van der Waals surface area contributed by atoms with Crippen LogP contribution in [0, 0.1) is 5.92 Å². The summed E-state index contributed by atoms with van der Waals surface area (Å²) in [6, 6.07) is -1.43. The average Bonchev–Trinajstić information content (AvgIpc) is 2.65. The van der Waals surface area contributed by atoms with Gasteiger partial charge in [-0.25, -0.2) is 0 Å². The number of likely N-dealkylation sites (N-methyl/N-ethyl adjacent to an activating group) is 1. The summed E-state index contributed by atoms with van der Waals surface area (Å²) in [4.78, 5) is 36.0. The van der Waals surface area contributed by atoms with Gasteiger partial charge < -0.3 is 21.7 Å². The van der Waals surface area contributed by atoms with E-state index >= 15 is 0 Å². The second-order valence-corrected chi connectivity index (χ2v) is 8.21. The van der Waals surface area contributed by atoms with Crippen LogP contribution in [0.5, 0.6) is 0 Å². The zero-order valence-corrected chi connectivity index (χ0v) is 19.0. The first kappa shape index (κ1) is 27.4. The lowest BCUT2D eigenvalue weighted by molar-refractivity contribution is -0.131. The predicted octanol–water partition coefficient (Wildman–Crippen LogP) is 2.63. The van der Waals surface area contributed by atoms with Crippen molar-refractivity contribution in [3.05, 3.63) is 0 Å². The summed E-state index contributed by atoms with van der Waals surface area (Å²) < 4.78 is 0. The summed E-state index contributed by atoms with van der Waals surface area (Å²) in [6.45, 7) is 6.62. The van der Waals surface area contributed by atoms with Crippen molar-refractivity contribution in [2.24, 2.45) is 11.7 Å². The molecule has 2 atom stereocenters. The standard InChI is InChI=1S/C22H44N4O3/c1-5-6-7-8-9-10-11-12-13-14-15-25-19(27)16-18(21(23)28)26-22(29)20(24-4)17(2)3/h17-18,20,24H,5-16H2,1-4H3,(H2,23,28)(H,25,27)(H,26,29)/t18-,20+/m1/s1. The molecule has 0 aliphatic carbocycles. The summed E-state index contributed by atoms with van der Waals surface area (Å²) in [5.74, 6) is -1.24. The molecule has 7 heteroatoms. The maximum atomic E-state index is 12.3. The van der Waals surface area contributed by atoms with Gasteiger partial charge in [-0.1, -0.05) is 78.6 Å². The third kappa shape index (κ3) is 14.1. The zero-order chi connectivity index (χ0) is 22.1. The van der Waals surface area contributed by atoms with Gasteiger partial charge in [-0.05, 0) is 19.4 Å². The molecule has 170 valence electrons. The number of nitrogens with one attached hydrogen (secondary N) is 3. The van der Waals surface area contributed by atoms with Crippen molar-refractivity contribution in [2.75, 3.05) is 13.6 Å². The Morgan fingerprint density at radius 3 is 1.83 bits per heavy atom. The molecule has 0 saturated heterocycles. The Morgan fingerprint density at radius 2 is 1.38 bits per heavy atom. The fourth-order valence-electron chi connectivity index (χ4n) is 3.35. The van der Waals surface area contributed by atoms with Crippen molar-refractivity contribution in [1.82, 2.24) is 16.0 Å². The quantitative estimate of drug-likeness (QED) is 0.259. The van der Waals surface area contributed by atoms with Gasteiger partial charge in [0.25, 0.3) is 0 Å². The number of carbonyl (C=O) groups is 3. The number of rotatable bonds is 18. The van der Waals surface area contributed by atoms with Gasteiger partial charge in [0.2, 0.25) is 17.7 Å². The van der Waals surface area contributed by atoms with E-state index in [-0.39, 0.29) is 24.2 Å². The minimum absolute atomic E-state index is 0.0543. The number of nitrogens with two attached hydrogens (primary N) is 1. The molecule has 0 aromatic carbocycles. The molecule has 0 heterocycles. The smallest absolute Gasteiger partial charge is 0.240 e. The van der Waals surface area contributed by atoms with Gasteiger partial charge in [-0.3, -0.25) is 14.4 Å². The lowest BCUT2D eigenvalue weighted by atomic mass is 10.0. The highest BCUT2D eigenvalue weighted by molar-refractivity contribution is 5.92. The monoisotopic (exact) mass is 412 g/mol. The van der Waals surface area contributed by atoms with Crippen LogP contribution in [-0.4, -0.2) is 43.4 Å². The molecule has 0 unspecified atom stereocenters. The second-order valence-electron chi connectivity index (χ2n) is 8.21. The van der Waals surface area contributed by atoms with Crippen molar-refractivity contribution in [1.29, 1.82) is 0 Å². The highest BCUT2D eigenvalue weighted by Gasteiger charge is 2.26. The molecule has 3 amide bonds. The predicted molar refractivity (Wildman–Crippen MR) is 118 cm³/mol. The van der Waals surface area contributed by atoms with Gasteiger partial charge in [-0.2, -0.15) is 0 Å². The molecule has 0 radical (unpaired) electrons. The Balaban J connectivity index is 3.97. The largest absolute Gasteiger partial charge is 0.368 e. The molecule has 0 spiro atoms. The highest BCUT2D eigenvalue weighted by atomic mass is 16.2. The summed E-state index contributed by atoms with van der Waals surface area (Å²) in [6.07, 6.45) is 12.2. The van der Waals surface area contributed by atoms with Crippen molar-refractivity contribution in [2.45, 2.75) is 103 Å². The fraction of sp³-hybridized carbons (Fsp3) is 0.864. The van der Waals surface area contributed by atoms with Gasteiger partial charge in [0.15, 0.2) is 0 Å². The molecule has 5 N–H and O–H groups in total. The van der Waals surface area contributed by atoms with Crippen LogP contribution in [0.1, 0.15) is 91.4 Å². The van der Waals surface area contributed by atoms with Crippen LogP contribution >= 0.6 is 0 Å². The topological polar surface area (TPSA) is 113 Å². The van der Waals surface area contributed by atoms with Gasteiger partial charge in [0.05, 0.1) is 12.5 Å². The molecule has 0 saturated carbocycles. The van der Waals surface area contributed by atoms with Crippen LogP contribution < -0.4 is 21.7 Å². The molecule has 0 aromatic rings. The number of hydrogen-bond donors (Lipinski definition) is 4. The summed E-state index contributed by atoms with van der Waals surface area (Å²) >= 11 is 0.